The zero-order valence-corrected chi connectivity index (χ0v) is 15.8. The molecule has 0 aliphatic rings. The second-order valence-corrected chi connectivity index (χ2v) is 6.45. The van der Waals surface area contributed by atoms with Crippen LogP contribution in [0.5, 0.6) is 5.75 Å². The van der Waals surface area contributed by atoms with Crippen LogP contribution in [0, 0.1) is 10.1 Å². The van der Waals surface area contributed by atoms with E-state index < -0.39 is 4.92 Å². The summed E-state index contributed by atoms with van der Waals surface area (Å²) >= 11 is 0.996. The van der Waals surface area contributed by atoms with E-state index in [1.54, 1.807) is 25.3 Å². The lowest BCUT2D eigenvalue weighted by Gasteiger charge is -2.02. The van der Waals surface area contributed by atoms with Gasteiger partial charge < -0.3 is 4.74 Å². The van der Waals surface area contributed by atoms with E-state index in [1.165, 1.54) is 30.0 Å². The van der Waals surface area contributed by atoms with Gasteiger partial charge >= 0.3 is 0 Å². The quantitative estimate of drug-likeness (QED) is 0.275. The number of methoxy groups -OCH3 is 1. The molecule has 0 radical (unpaired) electrons. The first kappa shape index (κ1) is 19.1. The van der Waals surface area contributed by atoms with Gasteiger partial charge in [0.1, 0.15) is 11.4 Å². The molecule has 0 saturated carbocycles. The van der Waals surface area contributed by atoms with Crippen molar-refractivity contribution in [2.24, 2.45) is 10.2 Å². The van der Waals surface area contributed by atoms with Crippen molar-refractivity contribution >= 4 is 29.0 Å². The van der Waals surface area contributed by atoms with Crippen LogP contribution in [-0.4, -0.2) is 33.8 Å². The zero-order chi connectivity index (χ0) is 20.1. The molecule has 0 aliphatic heterocycles. The Morgan fingerprint density at radius 2 is 1.96 bits per heavy atom. The molecule has 28 heavy (non-hydrogen) atoms. The molecule has 3 aromatic rings. The molecule has 0 spiro atoms. The summed E-state index contributed by atoms with van der Waals surface area (Å²) in [6.07, 6.45) is 1.50. The Hall–Kier alpha value is -3.66. The van der Waals surface area contributed by atoms with Crippen LogP contribution in [0.25, 0.3) is 5.69 Å². The van der Waals surface area contributed by atoms with E-state index >= 15 is 0 Å². The third kappa shape index (κ3) is 4.01. The molecule has 2 aromatic carbocycles. The van der Waals surface area contributed by atoms with E-state index in [-0.39, 0.29) is 27.0 Å². The monoisotopic (exact) mass is 397 g/mol. The van der Waals surface area contributed by atoms with Gasteiger partial charge in [0.2, 0.25) is 4.80 Å². The number of carbonyl (C=O) groups is 1. The molecule has 142 valence electrons. The van der Waals surface area contributed by atoms with Gasteiger partial charge in [0.05, 0.1) is 18.2 Å². The van der Waals surface area contributed by atoms with Gasteiger partial charge in [0.25, 0.3) is 5.69 Å². The van der Waals surface area contributed by atoms with Gasteiger partial charge in [0, 0.05) is 18.6 Å². The largest absolute Gasteiger partial charge is 0.496 e. The summed E-state index contributed by atoms with van der Waals surface area (Å²) in [5.74, 6) is 0.356. The molecule has 0 amide bonds. The molecule has 9 nitrogen and oxygen atoms in total. The standard InChI is InChI=1S/C18H15N5O4S/c1-12(24)17-21-22(14-8-4-5-9-15(14)23(25)26)18(28-17)20-19-11-13-7-3-6-10-16(13)27-2/h3-11H,1-2H3/b19-11-,20-18+. The number of para-hydroxylation sites is 3. The maximum Gasteiger partial charge on any atom is 0.294 e. The van der Waals surface area contributed by atoms with E-state index in [0.29, 0.717) is 11.3 Å². The molecule has 3 rings (SSSR count). The Balaban J connectivity index is 2.11. The molecule has 1 heterocycles. The highest BCUT2D eigenvalue weighted by Gasteiger charge is 2.19. The number of Topliss-reactive ketones (excluding diaryl/α,β-unsaturated/α-hetero) is 1. The van der Waals surface area contributed by atoms with Crippen LogP contribution in [0.1, 0.15) is 22.3 Å². The molecule has 0 fully saturated rings. The summed E-state index contributed by atoms with van der Waals surface area (Å²) in [4.78, 5) is 22.8. The van der Waals surface area contributed by atoms with Crippen molar-refractivity contribution in [1.29, 1.82) is 0 Å². The molecule has 0 unspecified atom stereocenters. The number of hydrogen-bond acceptors (Lipinski definition) is 8. The number of carbonyl (C=O) groups excluding carboxylic acids is 1. The van der Waals surface area contributed by atoms with Crippen LogP contribution in [0.15, 0.2) is 58.7 Å². The summed E-state index contributed by atoms with van der Waals surface area (Å²) in [7, 11) is 1.55. The van der Waals surface area contributed by atoms with E-state index in [1.807, 2.05) is 18.2 Å². The second-order valence-electron chi connectivity index (χ2n) is 5.49. The fourth-order valence-corrected chi connectivity index (χ4v) is 3.11. The summed E-state index contributed by atoms with van der Waals surface area (Å²) in [6, 6.07) is 13.3. The van der Waals surface area contributed by atoms with Crippen molar-refractivity contribution < 1.29 is 14.5 Å². The first-order valence-corrected chi connectivity index (χ1v) is 8.88. The number of ether oxygens (including phenoxy) is 1. The van der Waals surface area contributed by atoms with Crippen molar-refractivity contribution in [2.75, 3.05) is 7.11 Å². The predicted octanol–water partition coefficient (Wildman–Crippen LogP) is 2.99. The van der Waals surface area contributed by atoms with Gasteiger partial charge in [-0.15, -0.1) is 5.10 Å². The lowest BCUT2D eigenvalue weighted by atomic mass is 10.2. The number of benzene rings is 2. The molecule has 0 N–H and O–H groups in total. The third-order valence-electron chi connectivity index (χ3n) is 3.65. The van der Waals surface area contributed by atoms with E-state index in [9.17, 15) is 14.9 Å². The minimum Gasteiger partial charge on any atom is -0.496 e. The SMILES string of the molecule is COc1ccccc1/C=N\N=c1\sc(C(C)=O)nn1-c1ccccc1[N+](=O)[O-]. The molecule has 0 bridgehead atoms. The molecule has 1 aromatic heterocycles. The van der Waals surface area contributed by atoms with Crippen LogP contribution in [0.2, 0.25) is 0 Å². The minimum absolute atomic E-state index is 0.155. The normalized spacial score (nSPS) is 11.7. The number of ketones is 1. The van der Waals surface area contributed by atoms with Gasteiger partial charge in [-0.1, -0.05) is 35.6 Å². The first-order valence-electron chi connectivity index (χ1n) is 8.06. The smallest absolute Gasteiger partial charge is 0.294 e. The van der Waals surface area contributed by atoms with Crippen molar-refractivity contribution in [3.8, 4) is 11.4 Å². The Bertz CT molecular complexity index is 1130. The minimum atomic E-state index is -0.517. The van der Waals surface area contributed by atoms with Crippen LogP contribution in [0.3, 0.4) is 0 Å². The molecule has 0 aliphatic carbocycles. The summed E-state index contributed by atoms with van der Waals surface area (Å²) in [5.41, 5.74) is 0.753. The zero-order valence-electron chi connectivity index (χ0n) is 15.0. The van der Waals surface area contributed by atoms with Crippen molar-refractivity contribution in [2.45, 2.75) is 6.92 Å². The lowest BCUT2D eigenvalue weighted by Crippen LogP contribution is -2.15. The average molecular weight is 397 g/mol. The summed E-state index contributed by atoms with van der Waals surface area (Å²) in [6.45, 7) is 1.37. The van der Waals surface area contributed by atoms with E-state index in [4.69, 9.17) is 4.74 Å². The average Bonchev–Trinajstić information content (AvgIpc) is 3.12. The fraction of sp³-hybridized carbons (Fsp3) is 0.111. The van der Waals surface area contributed by atoms with Crippen LogP contribution >= 0.6 is 11.3 Å². The highest BCUT2D eigenvalue weighted by atomic mass is 32.1. The van der Waals surface area contributed by atoms with Crippen LogP contribution < -0.4 is 9.54 Å². The summed E-state index contributed by atoms with van der Waals surface area (Å²) in [5, 5.41) is 23.8. The van der Waals surface area contributed by atoms with Gasteiger partial charge in [-0.2, -0.15) is 14.9 Å². The van der Waals surface area contributed by atoms with Gasteiger partial charge in [-0.3, -0.25) is 14.9 Å². The number of rotatable bonds is 6. The summed E-state index contributed by atoms with van der Waals surface area (Å²) < 4.78 is 6.50. The Kier molecular flexibility index (Phi) is 5.70. The van der Waals surface area contributed by atoms with Crippen molar-refractivity contribution in [3.63, 3.8) is 0 Å². The lowest BCUT2D eigenvalue weighted by molar-refractivity contribution is -0.384. The van der Waals surface area contributed by atoms with Crippen molar-refractivity contribution in [3.05, 3.63) is 74.0 Å². The Morgan fingerprint density at radius 1 is 1.25 bits per heavy atom. The second kappa shape index (κ2) is 8.35. The first-order chi connectivity index (χ1) is 13.5. The highest BCUT2D eigenvalue weighted by Crippen LogP contribution is 2.21. The Morgan fingerprint density at radius 3 is 2.68 bits per heavy atom. The maximum atomic E-state index is 11.7. The van der Waals surface area contributed by atoms with Gasteiger partial charge in [-0.05, 0) is 18.2 Å². The Labute approximate surface area is 163 Å². The molecule has 10 heteroatoms. The highest BCUT2D eigenvalue weighted by molar-refractivity contribution is 7.10. The topological polar surface area (TPSA) is 112 Å². The molecule has 0 saturated heterocycles. The van der Waals surface area contributed by atoms with Crippen LogP contribution in [-0.2, 0) is 0 Å². The maximum absolute atomic E-state index is 11.7. The molecular weight excluding hydrogens is 382 g/mol. The number of nitro benzene ring substituents is 1. The molecule has 0 atom stereocenters. The number of nitrogens with zero attached hydrogens (tertiary/aromatic N) is 5. The van der Waals surface area contributed by atoms with E-state index in [2.05, 4.69) is 15.3 Å². The van der Waals surface area contributed by atoms with Gasteiger partial charge in [0.15, 0.2) is 10.8 Å². The molecular formula is C18H15N5O4S. The predicted molar refractivity (Wildman–Crippen MR) is 104 cm³/mol. The van der Waals surface area contributed by atoms with Crippen LogP contribution in [0.4, 0.5) is 5.69 Å². The number of hydrogen-bond donors (Lipinski definition) is 0. The van der Waals surface area contributed by atoms with Gasteiger partial charge in [-0.25, -0.2) is 0 Å². The third-order valence-corrected chi connectivity index (χ3v) is 4.65. The number of aromatic nitrogens is 2. The number of nitro groups is 1. The van der Waals surface area contributed by atoms with Crippen molar-refractivity contribution in [1.82, 2.24) is 9.78 Å². The fourth-order valence-electron chi connectivity index (χ4n) is 2.36. The van der Waals surface area contributed by atoms with E-state index in [0.717, 1.165) is 11.3 Å².